The molecule has 82 valence electrons. The van der Waals surface area contributed by atoms with Crippen molar-refractivity contribution in [3.63, 3.8) is 0 Å². The highest BCUT2D eigenvalue weighted by molar-refractivity contribution is 6.31. The second-order valence-electron chi connectivity index (χ2n) is 4.82. The van der Waals surface area contributed by atoms with E-state index in [0.29, 0.717) is 12.0 Å². The largest absolute Gasteiger partial charge is 0.294 e. The minimum Gasteiger partial charge on any atom is -0.294 e. The number of Topliss-reactive ketones (excluding diaryl/α,β-unsaturated/α-hetero) is 1. The van der Waals surface area contributed by atoms with Gasteiger partial charge in [-0.2, -0.15) is 0 Å². The van der Waals surface area contributed by atoms with Crippen LogP contribution in [0.15, 0.2) is 18.2 Å². The monoisotopic (exact) mass is 228 g/mol. The van der Waals surface area contributed by atoms with Crippen LogP contribution in [0.2, 0.25) is 5.02 Å². The predicted molar refractivity (Wildman–Crippen MR) is 59.8 cm³/mol. The molecule has 0 heterocycles. The average molecular weight is 229 g/mol. The van der Waals surface area contributed by atoms with Crippen LogP contribution >= 0.6 is 11.6 Å². The van der Waals surface area contributed by atoms with E-state index in [1.165, 1.54) is 18.2 Å². The number of hydrogen-bond acceptors (Lipinski definition) is 1. The molecule has 0 fully saturated rings. The zero-order chi connectivity index (χ0) is 11.6. The average Bonchev–Trinajstić information content (AvgIpc) is 1.98. The lowest BCUT2D eigenvalue weighted by Gasteiger charge is -2.16. The Morgan fingerprint density at radius 3 is 2.40 bits per heavy atom. The molecular weight excluding hydrogens is 215 g/mol. The van der Waals surface area contributed by atoms with Crippen molar-refractivity contribution in [2.24, 2.45) is 5.41 Å². The Kier molecular flexibility index (Phi) is 3.50. The lowest BCUT2D eigenvalue weighted by atomic mass is 9.88. The van der Waals surface area contributed by atoms with Crippen LogP contribution < -0.4 is 0 Å². The highest BCUT2D eigenvalue weighted by atomic mass is 35.5. The zero-order valence-electron chi connectivity index (χ0n) is 9.10. The van der Waals surface area contributed by atoms with Crippen LogP contribution in [0.5, 0.6) is 0 Å². The molecule has 3 heteroatoms. The second-order valence-corrected chi connectivity index (χ2v) is 5.26. The number of benzene rings is 1. The quantitative estimate of drug-likeness (QED) is 0.697. The van der Waals surface area contributed by atoms with Gasteiger partial charge in [0.05, 0.1) is 0 Å². The number of rotatable bonds is 2. The molecule has 0 saturated heterocycles. The lowest BCUT2D eigenvalue weighted by Crippen LogP contribution is -2.13. The van der Waals surface area contributed by atoms with E-state index in [1.54, 1.807) is 0 Å². The Morgan fingerprint density at radius 1 is 1.33 bits per heavy atom. The van der Waals surface area contributed by atoms with Gasteiger partial charge in [0.2, 0.25) is 0 Å². The fraction of sp³-hybridized carbons (Fsp3) is 0.417. The van der Waals surface area contributed by atoms with E-state index >= 15 is 0 Å². The standard InChI is InChI=1S/C12H14ClFO/c1-12(2,3)7-11(15)8-4-9(13)6-10(14)5-8/h4-6H,7H2,1-3H3. The van der Waals surface area contributed by atoms with Crippen LogP contribution in [0.4, 0.5) is 4.39 Å². The van der Waals surface area contributed by atoms with Gasteiger partial charge in [-0.25, -0.2) is 4.39 Å². The van der Waals surface area contributed by atoms with Gasteiger partial charge in [0.1, 0.15) is 5.82 Å². The summed E-state index contributed by atoms with van der Waals surface area (Å²) in [5.74, 6) is -0.552. The highest BCUT2D eigenvalue weighted by Crippen LogP contribution is 2.23. The molecule has 1 aromatic rings. The zero-order valence-corrected chi connectivity index (χ0v) is 9.86. The highest BCUT2D eigenvalue weighted by Gasteiger charge is 2.18. The Balaban J connectivity index is 2.92. The molecule has 0 N–H and O–H groups in total. The lowest BCUT2D eigenvalue weighted by molar-refractivity contribution is 0.0939. The third-order valence-electron chi connectivity index (χ3n) is 1.88. The van der Waals surface area contributed by atoms with Crippen LogP contribution in [-0.2, 0) is 0 Å². The molecule has 0 atom stereocenters. The smallest absolute Gasteiger partial charge is 0.163 e. The number of ketones is 1. The summed E-state index contributed by atoms with van der Waals surface area (Å²) >= 11 is 5.67. The van der Waals surface area contributed by atoms with Crippen molar-refractivity contribution in [3.05, 3.63) is 34.6 Å². The van der Waals surface area contributed by atoms with Gasteiger partial charge in [0, 0.05) is 17.0 Å². The minimum absolute atomic E-state index is 0.0797. The van der Waals surface area contributed by atoms with E-state index in [2.05, 4.69) is 0 Å². The van der Waals surface area contributed by atoms with E-state index in [0.717, 1.165) is 0 Å². The van der Waals surface area contributed by atoms with Crippen molar-refractivity contribution in [1.29, 1.82) is 0 Å². The first-order chi connectivity index (χ1) is 6.78. The van der Waals surface area contributed by atoms with Crippen molar-refractivity contribution in [1.82, 2.24) is 0 Å². The van der Waals surface area contributed by atoms with Gasteiger partial charge in [0.25, 0.3) is 0 Å². The van der Waals surface area contributed by atoms with Crippen molar-refractivity contribution < 1.29 is 9.18 Å². The van der Waals surface area contributed by atoms with Gasteiger partial charge in [-0.05, 0) is 23.6 Å². The topological polar surface area (TPSA) is 17.1 Å². The molecule has 0 radical (unpaired) electrons. The Labute approximate surface area is 94.3 Å². The Morgan fingerprint density at radius 2 is 1.93 bits per heavy atom. The number of carbonyl (C=O) groups is 1. The molecule has 0 aromatic heterocycles. The summed E-state index contributed by atoms with van der Waals surface area (Å²) in [5, 5.41) is 0.257. The molecule has 15 heavy (non-hydrogen) atoms. The van der Waals surface area contributed by atoms with E-state index in [-0.39, 0.29) is 16.2 Å². The maximum absolute atomic E-state index is 13.0. The van der Waals surface area contributed by atoms with Crippen LogP contribution in [0.1, 0.15) is 37.6 Å². The van der Waals surface area contributed by atoms with Gasteiger partial charge >= 0.3 is 0 Å². The second kappa shape index (κ2) is 4.31. The van der Waals surface area contributed by atoms with Crippen LogP contribution in [0.25, 0.3) is 0 Å². The van der Waals surface area contributed by atoms with E-state index in [1.807, 2.05) is 20.8 Å². The van der Waals surface area contributed by atoms with Crippen LogP contribution in [-0.4, -0.2) is 5.78 Å². The van der Waals surface area contributed by atoms with Crippen LogP contribution in [0.3, 0.4) is 0 Å². The molecule has 0 amide bonds. The van der Waals surface area contributed by atoms with Crippen molar-refractivity contribution in [2.45, 2.75) is 27.2 Å². The third kappa shape index (κ3) is 4.00. The van der Waals surface area contributed by atoms with Crippen LogP contribution in [0, 0.1) is 11.2 Å². The van der Waals surface area contributed by atoms with Gasteiger partial charge in [-0.1, -0.05) is 32.4 Å². The fourth-order valence-electron chi connectivity index (χ4n) is 1.30. The van der Waals surface area contributed by atoms with Gasteiger partial charge in [0.15, 0.2) is 5.78 Å². The Hall–Kier alpha value is -0.890. The molecule has 0 aliphatic rings. The molecular formula is C12H14ClFO. The maximum Gasteiger partial charge on any atom is 0.163 e. The molecule has 0 spiro atoms. The summed E-state index contributed by atoms with van der Waals surface area (Å²) in [4.78, 5) is 11.7. The summed E-state index contributed by atoms with van der Waals surface area (Å²) in [6.07, 6.45) is 0.382. The van der Waals surface area contributed by atoms with Gasteiger partial charge in [-0.3, -0.25) is 4.79 Å². The van der Waals surface area contributed by atoms with Crippen molar-refractivity contribution in [2.75, 3.05) is 0 Å². The molecule has 1 aromatic carbocycles. The Bertz CT molecular complexity index is 359. The summed E-state index contributed by atoms with van der Waals surface area (Å²) in [6, 6.07) is 3.91. The number of halogens is 2. The summed E-state index contributed by atoms with van der Waals surface area (Å²) in [6.45, 7) is 5.89. The van der Waals surface area contributed by atoms with E-state index in [9.17, 15) is 9.18 Å². The molecule has 0 aliphatic heterocycles. The first-order valence-corrected chi connectivity index (χ1v) is 5.15. The van der Waals surface area contributed by atoms with E-state index in [4.69, 9.17) is 11.6 Å². The first-order valence-electron chi connectivity index (χ1n) is 4.77. The van der Waals surface area contributed by atoms with Crippen molar-refractivity contribution >= 4 is 17.4 Å². The van der Waals surface area contributed by atoms with Crippen molar-refractivity contribution in [3.8, 4) is 0 Å². The SMILES string of the molecule is CC(C)(C)CC(=O)c1cc(F)cc(Cl)c1. The third-order valence-corrected chi connectivity index (χ3v) is 2.09. The summed E-state index contributed by atoms with van der Waals surface area (Å²) in [7, 11) is 0. The van der Waals surface area contributed by atoms with Gasteiger partial charge < -0.3 is 0 Å². The predicted octanol–water partition coefficient (Wildman–Crippen LogP) is 4.10. The molecule has 0 aliphatic carbocycles. The maximum atomic E-state index is 13.0. The normalized spacial score (nSPS) is 11.5. The molecule has 1 rings (SSSR count). The van der Waals surface area contributed by atoms with Gasteiger partial charge in [-0.15, -0.1) is 0 Å². The molecule has 0 saturated carbocycles. The molecule has 0 unspecified atom stereocenters. The number of carbonyl (C=O) groups excluding carboxylic acids is 1. The number of hydrogen-bond donors (Lipinski definition) is 0. The van der Waals surface area contributed by atoms with E-state index < -0.39 is 5.82 Å². The minimum atomic E-state index is -0.472. The fourth-order valence-corrected chi connectivity index (χ4v) is 1.52. The summed E-state index contributed by atoms with van der Waals surface area (Å²) in [5.41, 5.74) is 0.241. The first kappa shape index (κ1) is 12.2. The molecule has 0 bridgehead atoms. The summed E-state index contributed by atoms with van der Waals surface area (Å²) < 4.78 is 13.0. The molecule has 1 nitrogen and oxygen atoms in total.